The Labute approximate surface area is 103 Å². The van der Waals surface area contributed by atoms with E-state index < -0.39 is 0 Å². The van der Waals surface area contributed by atoms with Crippen molar-refractivity contribution in [1.82, 2.24) is 5.32 Å². The van der Waals surface area contributed by atoms with Crippen molar-refractivity contribution in [3.63, 3.8) is 0 Å². The Kier molecular flexibility index (Phi) is 4.04. The Balaban J connectivity index is 2.80. The predicted octanol–water partition coefficient (Wildman–Crippen LogP) is 3.18. The number of benzene rings is 1. The minimum atomic E-state index is 0.0461. The molecule has 0 radical (unpaired) electrons. The van der Waals surface area contributed by atoms with Crippen LogP contribution < -0.4 is 5.32 Å². The van der Waals surface area contributed by atoms with Crippen molar-refractivity contribution in [2.45, 2.75) is 46.7 Å². The van der Waals surface area contributed by atoms with Gasteiger partial charge in [-0.25, -0.2) is 0 Å². The van der Waals surface area contributed by atoms with Crippen molar-refractivity contribution in [2.75, 3.05) is 0 Å². The van der Waals surface area contributed by atoms with E-state index in [2.05, 4.69) is 33.0 Å². The molecule has 0 amide bonds. The first-order chi connectivity index (χ1) is 7.71. The van der Waals surface area contributed by atoms with E-state index in [1.54, 1.807) is 12.1 Å². The Morgan fingerprint density at radius 2 is 1.71 bits per heavy atom. The van der Waals surface area contributed by atoms with Gasteiger partial charge in [0.2, 0.25) is 0 Å². The molecule has 1 aromatic carbocycles. The number of rotatable bonds is 3. The molecule has 1 rings (SSSR count). The van der Waals surface area contributed by atoms with Gasteiger partial charge in [-0.2, -0.15) is 0 Å². The van der Waals surface area contributed by atoms with Crippen LogP contribution in [0.1, 0.15) is 46.2 Å². The van der Waals surface area contributed by atoms with Crippen LogP contribution in [0.25, 0.3) is 0 Å². The first-order valence-corrected chi connectivity index (χ1v) is 5.99. The summed E-state index contributed by atoms with van der Waals surface area (Å²) in [6.45, 7) is 10.7. The average Bonchev–Trinajstić information content (AvgIpc) is 2.15. The summed E-state index contributed by atoms with van der Waals surface area (Å²) < 4.78 is 0. The van der Waals surface area contributed by atoms with Gasteiger partial charge in [0.05, 0.1) is 0 Å². The van der Waals surface area contributed by atoms with E-state index in [1.807, 2.05) is 6.92 Å². The molecule has 2 unspecified atom stereocenters. The Hall–Kier alpha value is -1.22. The smallest absolute Gasteiger partial charge is 0.124 e. The summed E-state index contributed by atoms with van der Waals surface area (Å²) in [6.07, 6.45) is 0. The highest BCUT2D eigenvalue weighted by Crippen LogP contribution is 2.29. The summed E-state index contributed by atoms with van der Waals surface area (Å²) in [5, 5.41) is 22.5. The van der Waals surface area contributed by atoms with Crippen LogP contribution in [0.15, 0.2) is 18.2 Å². The minimum Gasteiger partial charge on any atom is -0.508 e. The highest BCUT2D eigenvalue weighted by molar-refractivity contribution is 5.40. The topological polar surface area (TPSA) is 52.5 Å². The monoisotopic (exact) mass is 237 g/mol. The molecule has 96 valence electrons. The van der Waals surface area contributed by atoms with Gasteiger partial charge in [0.15, 0.2) is 0 Å². The molecule has 0 saturated heterocycles. The van der Waals surface area contributed by atoms with E-state index in [0.29, 0.717) is 6.04 Å². The van der Waals surface area contributed by atoms with Crippen molar-refractivity contribution in [3.8, 4) is 11.5 Å². The van der Waals surface area contributed by atoms with Gasteiger partial charge in [-0.1, -0.05) is 26.8 Å². The Morgan fingerprint density at radius 1 is 1.12 bits per heavy atom. The summed E-state index contributed by atoms with van der Waals surface area (Å²) in [7, 11) is 0. The number of hydrogen-bond donors (Lipinski definition) is 3. The minimum absolute atomic E-state index is 0.0461. The van der Waals surface area contributed by atoms with Gasteiger partial charge in [-0.05, 0) is 25.3 Å². The molecule has 0 saturated carbocycles. The maximum atomic E-state index is 9.78. The van der Waals surface area contributed by atoms with E-state index in [0.717, 1.165) is 5.56 Å². The lowest BCUT2D eigenvalue weighted by atomic mass is 9.87. The number of aromatic hydroxyl groups is 2. The van der Waals surface area contributed by atoms with E-state index >= 15 is 0 Å². The van der Waals surface area contributed by atoms with Crippen LogP contribution in [0, 0.1) is 5.41 Å². The molecule has 3 N–H and O–H groups in total. The van der Waals surface area contributed by atoms with Gasteiger partial charge in [-0.3, -0.25) is 0 Å². The first kappa shape index (κ1) is 13.8. The normalized spacial score (nSPS) is 15.6. The molecule has 0 heterocycles. The highest BCUT2D eigenvalue weighted by atomic mass is 16.3. The predicted molar refractivity (Wildman–Crippen MR) is 70.2 cm³/mol. The molecule has 17 heavy (non-hydrogen) atoms. The lowest BCUT2D eigenvalue weighted by Crippen LogP contribution is -2.39. The zero-order chi connectivity index (χ0) is 13.2. The zero-order valence-corrected chi connectivity index (χ0v) is 11.3. The second-order valence-corrected chi connectivity index (χ2v) is 5.72. The summed E-state index contributed by atoms with van der Waals surface area (Å²) in [5.74, 6) is 0.216. The van der Waals surface area contributed by atoms with Crippen molar-refractivity contribution >= 4 is 0 Å². The lowest BCUT2D eigenvalue weighted by molar-refractivity contribution is 0.266. The molecule has 0 fully saturated rings. The van der Waals surface area contributed by atoms with Gasteiger partial charge >= 0.3 is 0 Å². The summed E-state index contributed by atoms with van der Waals surface area (Å²) >= 11 is 0. The van der Waals surface area contributed by atoms with E-state index in [1.165, 1.54) is 6.07 Å². The third-order valence-corrected chi connectivity index (χ3v) is 3.28. The fourth-order valence-electron chi connectivity index (χ4n) is 1.61. The molecule has 0 aliphatic carbocycles. The van der Waals surface area contributed by atoms with Crippen LogP contribution in [-0.2, 0) is 0 Å². The number of nitrogens with one attached hydrogen (secondary N) is 1. The molecule has 0 aliphatic rings. The van der Waals surface area contributed by atoms with E-state index in [4.69, 9.17) is 0 Å². The van der Waals surface area contributed by atoms with Crippen LogP contribution in [-0.4, -0.2) is 16.3 Å². The van der Waals surface area contributed by atoms with Crippen LogP contribution in [0.2, 0.25) is 0 Å². The lowest BCUT2D eigenvalue weighted by Gasteiger charge is -2.31. The van der Waals surface area contributed by atoms with Crippen molar-refractivity contribution in [2.24, 2.45) is 5.41 Å². The van der Waals surface area contributed by atoms with E-state index in [9.17, 15) is 10.2 Å². The maximum Gasteiger partial charge on any atom is 0.124 e. The Morgan fingerprint density at radius 3 is 2.18 bits per heavy atom. The number of phenolic OH excluding ortho intramolecular Hbond substituents is 2. The van der Waals surface area contributed by atoms with Crippen LogP contribution in [0.5, 0.6) is 11.5 Å². The van der Waals surface area contributed by atoms with Crippen molar-refractivity contribution < 1.29 is 10.2 Å². The third kappa shape index (κ3) is 3.63. The molecule has 3 heteroatoms. The molecule has 0 spiro atoms. The number of phenols is 2. The van der Waals surface area contributed by atoms with Gasteiger partial charge in [-0.15, -0.1) is 0 Å². The fraction of sp³-hybridized carbons (Fsp3) is 0.571. The Bertz CT molecular complexity index is 382. The van der Waals surface area contributed by atoms with Gasteiger partial charge in [0.1, 0.15) is 11.5 Å². The molecule has 0 aromatic heterocycles. The quantitative estimate of drug-likeness (QED) is 0.756. The standard InChI is InChI=1S/C14H23NO2/c1-9(15-10(2)14(3,4)5)12-7-6-11(16)8-13(12)17/h6-10,15-17H,1-5H3. The second-order valence-electron chi connectivity index (χ2n) is 5.72. The molecular weight excluding hydrogens is 214 g/mol. The SMILES string of the molecule is CC(NC(C)C(C)(C)C)c1ccc(O)cc1O. The van der Waals surface area contributed by atoms with E-state index in [-0.39, 0.29) is 23.0 Å². The summed E-state index contributed by atoms with van der Waals surface area (Å²) in [6, 6.07) is 5.08. The average molecular weight is 237 g/mol. The van der Waals surface area contributed by atoms with Crippen LogP contribution in [0.4, 0.5) is 0 Å². The first-order valence-electron chi connectivity index (χ1n) is 5.99. The second kappa shape index (κ2) is 4.96. The third-order valence-electron chi connectivity index (χ3n) is 3.28. The van der Waals surface area contributed by atoms with Gasteiger partial charge in [0, 0.05) is 23.7 Å². The van der Waals surface area contributed by atoms with Crippen molar-refractivity contribution in [1.29, 1.82) is 0 Å². The highest BCUT2D eigenvalue weighted by Gasteiger charge is 2.22. The van der Waals surface area contributed by atoms with Crippen LogP contribution in [0.3, 0.4) is 0 Å². The summed E-state index contributed by atoms with van der Waals surface area (Å²) in [5.41, 5.74) is 0.972. The maximum absolute atomic E-state index is 9.78. The molecular formula is C14H23NO2. The molecule has 0 aliphatic heterocycles. The fourth-order valence-corrected chi connectivity index (χ4v) is 1.61. The number of hydrogen-bond acceptors (Lipinski definition) is 3. The molecule has 0 bridgehead atoms. The molecule has 2 atom stereocenters. The summed E-state index contributed by atoms with van der Waals surface area (Å²) in [4.78, 5) is 0. The zero-order valence-electron chi connectivity index (χ0n) is 11.3. The van der Waals surface area contributed by atoms with Gasteiger partial charge in [0.25, 0.3) is 0 Å². The molecule has 1 aromatic rings. The van der Waals surface area contributed by atoms with Gasteiger partial charge < -0.3 is 15.5 Å². The largest absolute Gasteiger partial charge is 0.508 e. The van der Waals surface area contributed by atoms with Crippen molar-refractivity contribution in [3.05, 3.63) is 23.8 Å². The molecule has 3 nitrogen and oxygen atoms in total. The van der Waals surface area contributed by atoms with Crippen LogP contribution >= 0.6 is 0 Å².